The summed E-state index contributed by atoms with van der Waals surface area (Å²) in [5.41, 5.74) is 0. The van der Waals surface area contributed by atoms with Crippen LogP contribution < -0.4 is 0 Å². The first-order valence-electron chi connectivity index (χ1n) is 5.65. The van der Waals surface area contributed by atoms with Crippen molar-refractivity contribution >= 4 is 15.9 Å². The molecule has 1 nitrogen and oxygen atoms in total. The van der Waals surface area contributed by atoms with Crippen molar-refractivity contribution in [2.24, 2.45) is 5.92 Å². The smallest absolute Gasteiger partial charge is 0.00317 e. The number of rotatable bonds is 5. The number of piperidine rings is 1. The Hall–Kier alpha value is 0.440. The highest BCUT2D eigenvalue weighted by Gasteiger charge is 2.17. The van der Waals surface area contributed by atoms with Crippen molar-refractivity contribution in [2.75, 3.05) is 25.0 Å². The first kappa shape index (κ1) is 11.5. The summed E-state index contributed by atoms with van der Waals surface area (Å²) >= 11 is 3.48. The third-order valence-corrected chi connectivity index (χ3v) is 3.60. The average molecular weight is 248 g/mol. The molecular formula is C11H22BrN. The number of nitrogens with zero attached hydrogens (tertiary/aromatic N) is 1. The highest BCUT2D eigenvalue weighted by Crippen LogP contribution is 2.19. The summed E-state index contributed by atoms with van der Waals surface area (Å²) in [4.78, 5) is 2.65. The lowest BCUT2D eigenvalue weighted by molar-refractivity contribution is 0.170. The lowest BCUT2D eigenvalue weighted by Crippen LogP contribution is -2.35. The number of likely N-dealkylation sites (tertiary alicyclic amines) is 1. The van der Waals surface area contributed by atoms with E-state index in [1.54, 1.807) is 0 Å². The fraction of sp³-hybridized carbons (Fsp3) is 1.00. The molecule has 0 saturated carbocycles. The van der Waals surface area contributed by atoms with E-state index in [-0.39, 0.29) is 0 Å². The fourth-order valence-corrected chi connectivity index (χ4v) is 2.51. The summed E-state index contributed by atoms with van der Waals surface area (Å²) < 4.78 is 0. The zero-order chi connectivity index (χ0) is 9.52. The zero-order valence-electron chi connectivity index (χ0n) is 8.77. The van der Waals surface area contributed by atoms with Crippen molar-refractivity contribution in [1.29, 1.82) is 0 Å². The molecule has 0 N–H and O–H groups in total. The van der Waals surface area contributed by atoms with E-state index in [1.807, 2.05) is 0 Å². The summed E-state index contributed by atoms with van der Waals surface area (Å²) in [6, 6.07) is 0. The van der Waals surface area contributed by atoms with Crippen LogP contribution in [0.1, 0.15) is 39.0 Å². The molecule has 1 rings (SSSR count). The second kappa shape index (κ2) is 6.83. The van der Waals surface area contributed by atoms with Crippen LogP contribution in [0.2, 0.25) is 0 Å². The third kappa shape index (κ3) is 4.46. The van der Waals surface area contributed by atoms with E-state index < -0.39 is 0 Å². The molecule has 1 unspecified atom stereocenters. The van der Waals surface area contributed by atoms with Gasteiger partial charge in [-0.3, -0.25) is 0 Å². The van der Waals surface area contributed by atoms with Crippen molar-refractivity contribution in [1.82, 2.24) is 4.90 Å². The van der Waals surface area contributed by atoms with E-state index in [4.69, 9.17) is 0 Å². The van der Waals surface area contributed by atoms with Gasteiger partial charge < -0.3 is 4.90 Å². The van der Waals surface area contributed by atoms with Gasteiger partial charge in [-0.2, -0.15) is 0 Å². The summed E-state index contributed by atoms with van der Waals surface area (Å²) in [5.74, 6) is 0.984. The van der Waals surface area contributed by atoms with E-state index in [1.165, 1.54) is 51.7 Å². The fourth-order valence-electron chi connectivity index (χ4n) is 2.12. The van der Waals surface area contributed by atoms with Gasteiger partial charge in [-0.25, -0.2) is 0 Å². The molecule has 0 radical (unpaired) electrons. The van der Waals surface area contributed by atoms with Gasteiger partial charge in [-0.15, -0.1) is 0 Å². The summed E-state index contributed by atoms with van der Waals surface area (Å²) in [6.07, 6.45) is 6.95. The first-order chi connectivity index (χ1) is 6.36. The van der Waals surface area contributed by atoms with E-state index in [2.05, 4.69) is 27.8 Å². The highest BCUT2D eigenvalue weighted by molar-refractivity contribution is 9.09. The molecule has 1 heterocycles. The molecule has 0 aromatic rings. The first-order valence-corrected chi connectivity index (χ1v) is 6.77. The van der Waals surface area contributed by atoms with E-state index in [9.17, 15) is 0 Å². The van der Waals surface area contributed by atoms with Gasteiger partial charge >= 0.3 is 0 Å². The molecule has 0 amide bonds. The minimum Gasteiger partial charge on any atom is -0.303 e. The molecule has 0 spiro atoms. The van der Waals surface area contributed by atoms with Crippen LogP contribution in [0.5, 0.6) is 0 Å². The molecule has 0 bridgehead atoms. The maximum atomic E-state index is 3.48. The Kier molecular flexibility index (Phi) is 6.05. The predicted octanol–water partition coefficient (Wildman–Crippen LogP) is 3.28. The van der Waals surface area contributed by atoms with Crippen LogP contribution in [0, 0.1) is 5.92 Å². The van der Waals surface area contributed by atoms with Gasteiger partial charge in [0.25, 0.3) is 0 Å². The largest absolute Gasteiger partial charge is 0.303 e. The van der Waals surface area contributed by atoms with Gasteiger partial charge in [-0.05, 0) is 44.7 Å². The maximum absolute atomic E-state index is 3.48. The predicted molar refractivity (Wildman–Crippen MR) is 62.5 cm³/mol. The second-order valence-electron chi connectivity index (χ2n) is 4.11. The van der Waals surface area contributed by atoms with Gasteiger partial charge in [0.2, 0.25) is 0 Å². The van der Waals surface area contributed by atoms with Crippen LogP contribution in [0.25, 0.3) is 0 Å². The molecule has 1 atom stereocenters. The third-order valence-electron chi connectivity index (χ3n) is 3.04. The van der Waals surface area contributed by atoms with Crippen LogP contribution >= 0.6 is 15.9 Å². The van der Waals surface area contributed by atoms with Gasteiger partial charge in [0.15, 0.2) is 0 Å². The van der Waals surface area contributed by atoms with Gasteiger partial charge in [0.05, 0.1) is 0 Å². The van der Waals surface area contributed by atoms with Crippen LogP contribution in [0.15, 0.2) is 0 Å². The standard InChI is InChI=1S/C11H22BrN/c1-2-11-6-5-9-13(10-11)8-4-3-7-12/h11H,2-10H2,1H3. The molecule has 1 saturated heterocycles. The molecule has 1 aliphatic rings. The zero-order valence-corrected chi connectivity index (χ0v) is 10.4. The molecule has 13 heavy (non-hydrogen) atoms. The second-order valence-corrected chi connectivity index (χ2v) is 4.91. The topological polar surface area (TPSA) is 3.24 Å². The quantitative estimate of drug-likeness (QED) is 0.533. The van der Waals surface area contributed by atoms with Crippen LogP contribution in [0.3, 0.4) is 0 Å². The normalized spacial score (nSPS) is 24.9. The Morgan fingerprint density at radius 1 is 1.38 bits per heavy atom. The summed E-state index contributed by atoms with van der Waals surface area (Å²) in [7, 11) is 0. The number of halogens is 1. The number of hydrogen-bond acceptors (Lipinski definition) is 1. The summed E-state index contributed by atoms with van der Waals surface area (Å²) in [6.45, 7) is 6.35. The van der Waals surface area contributed by atoms with Crippen LogP contribution in [-0.2, 0) is 0 Å². The van der Waals surface area contributed by atoms with Gasteiger partial charge in [-0.1, -0.05) is 29.3 Å². The van der Waals surface area contributed by atoms with Crippen molar-refractivity contribution in [3.8, 4) is 0 Å². The maximum Gasteiger partial charge on any atom is 0.00317 e. The summed E-state index contributed by atoms with van der Waals surface area (Å²) in [5, 5.41) is 1.16. The Bertz CT molecular complexity index is 127. The Labute approximate surface area is 91.0 Å². The number of hydrogen-bond donors (Lipinski definition) is 0. The van der Waals surface area contributed by atoms with Crippen LogP contribution in [-0.4, -0.2) is 29.9 Å². The van der Waals surface area contributed by atoms with E-state index >= 15 is 0 Å². The Morgan fingerprint density at radius 3 is 2.92 bits per heavy atom. The van der Waals surface area contributed by atoms with Gasteiger partial charge in [0, 0.05) is 11.9 Å². The average Bonchev–Trinajstić information content (AvgIpc) is 2.19. The number of unbranched alkanes of at least 4 members (excludes halogenated alkanes) is 1. The molecular weight excluding hydrogens is 226 g/mol. The lowest BCUT2D eigenvalue weighted by Gasteiger charge is -2.32. The minimum atomic E-state index is 0.984. The van der Waals surface area contributed by atoms with Crippen molar-refractivity contribution in [2.45, 2.75) is 39.0 Å². The highest BCUT2D eigenvalue weighted by atomic mass is 79.9. The number of alkyl halides is 1. The molecule has 1 aliphatic heterocycles. The van der Waals surface area contributed by atoms with Crippen molar-refractivity contribution in [3.05, 3.63) is 0 Å². The van der Waals surface area contributed by atoms with Crippen molar-refractivity contribution < 1.29 is 0 Å². The van der Waals surface area contributed by atoms with E-state index in [0.29, 0.717) is 0 Å². The Morgan fingerprint density at radius 2 is 2.23 bits per heavy atom. The lowest BCUT2D eigenvalue weighted by atomic mass is 9.95. The van der Waals surface area contributed by atoms with Crippen molar-refractivity contribution in [3.63, 3.8) is 0 Å². The van der Waals surface area contributed by atoms with E-state index in [0.717, 1.165) is 11.2 Å². The van der Waals surface area contributed by atoms with Crippen LogP contribution in [0.4, 0.5) is 0 Å². The molecule has 0 aliphatic carbocycles. The molecule has 78 valence electrons. The Balaban J connectivity index is 2.11. The minimum absolute atomic E-state index is 0.984. The SMILES string of the molecule is CCC1CCCN(CCCCBr)C1. The molecule has 0 aromatic carbocycles. The molecule has 0 aromatic heterocycles. The molecule has 1 fully saturated rings. The molecule has 2 heteroatoms. The van der Waals surface area contributed by atoms with Gasteiger partial charge in [0.1, 0.15) is 0 Å². The monoisotopic (exact) mass is 247 g/mol.